The number of allylic oxidation sites excluding steroid dienone is 2. The Labute approximate surface area is 176 Å². The van der Waals surface area contributed by atoms with Gasteiger partial charge in [-0.1, -0.05) is 23.7 Å². The molecule has 0 saturated heterocycles. The summed E-state index contributed by atoms with van der Waals surface area (Å²) in [5.41, 5.74) is -0.934. The Hall–Kier alpha value is -2.85. The monoisotopic (exact) mass is 460 g/mol. The van der Waals surface area contributed by atoms with Crippen molar-refractivity contribution in [2.75, 3.05) is 0 Å². The minimum absolute atomic E-state index is 0.185. The van der Waals surface area contributed by atoms with Gasteiger partial charge in [0.25, 0.3) is 0 Å². The van der Waals surface area contributed by atoms with Crippen LogP contribution in [0.3, 0.4) is 0 Å². The van der Waals surface area contributed by atoms with E-state index in [9.17, 15) is 26.4 Å². The van der Waals surface area contributed by atoms with Crippen molar-refractivity contribution in [3.8, 4) is 5.75 Å². The topological polar surface area (TPSA) is 84.8 Å². The lowest BCUT2D eigenvalue weighted by atomic mass is 10.0. The van der Waals surface area contributed by atoms with Gasteiger partial charge in [-0.25, -0.2) is 0 Å². The van der Waals surface area contributed by atoms with Crippen molar-refractivity contribution in [2.24, 2.45) is 5.10 Å². The van der Waals surface area contributed by atoms with E-state index in [0.29, 0.717) is 27.6 Å². The first-order valence-corrected chi connectivity index (χ1v) is 10.1. The number of nitrogens with zero attached hydrogens (tertiary/aromatic N) is 1. The predicted molar refractivity (Wildman–Crippen MR) is 107 cm³/mol. The lowest BCUT2D eigenvalue weighted by Crippen LogP contribution is -2.28. The third kappa shape index (κ3) is 6.33. The molecule has 0 unspecified atom stereocenters. The molecule has 2 aromatic rings. The van der Waals surface area contributed by atoms with Crippen molar-refractivity contribution in [3.05, 3.63) is 76.5 Å². The molecule has 0 amide bonds. The average molecular weight is 461 g/mol. The average Bonchev–Trinajstić information content (AvgIpc) is 2.62. The maximum absolute atomic E-state index is 12.5. The third-order valence-electron chi connectivity index (χ3n) is 3.50. The van der Waals surface area contributed by atoms with E-state index in [1.54, 1.807) is 31.2 Å². The molecule has 1 N–H and O–H groups in total. The van der Waals surface area contributed by atoms with Gasteiger partial charge < -0.3 is 4.18 Å². The van der Waals surface area contributed by atoms with Crippen molar-refractivity contribution >= 4 is 33.2 Å². The van der Waals surface area contributed by atoms with Gasteiger partial charge in [0.05, 0.1) is 5.71 Å². The fourth-order valence-electron chi connectivity index (χ4n) is 2.23. The predicted octanol–water partition coefficient (Wildman–Crippen LogP) is 4.40. The summed E-state index contributed by atoms with van der Waals surface area (Å²) in [6.45, 7) is 3.01. The Bertz CT molecular complexity index is 1080. The number of benzene rings is 2. The van der Waals surface area contributed by atoms with Crippen molar-refractivity contribution < 1.29 is 30.6 Å². The van der Waals surface area contributed by atoms with E-state index in [1.165, 1.54) is 25.1 Å². The molecule has 30 heavy (non-hydrogen) atoms. The summed E-state index contributed by atoms with van der Waals surface area (Å²) < 4.78 is 63.8. The molecule has 0 heterocycles. The number of halogens is 4. The summed E-state index contributed by atoms with van der Waals surface area (Å²) in [5, 5.41) is 4.74. The molecule has 0 bridgehead atoms. The number of hydrazone groups is 1. The molecule has 2 aromatic carbocycles. The molecule has 0 spiro atoms. The summed E-state index contributed by atoms with van der Waals surface area (Å²) in [4.78, 5) is 11.2. The fraction of sp³-hybridized carbons (Fsp3) is 0.158. The third-order valence-corrected chi connectivity index (χ3v) is 4.73. The van der Waals surface area contributed by atoms with Crippen molar-refractivity contribution in [3.63, 3.8) is 0 Å². The summed E-state index contributed by atoms with van der Waals surface area (Å²) in [6, 6.07) is 11.4. The van der Waals surface area contributed by atoms with Crippen LogP contribution < -0.4 is 9.61 Å². The highest BCUT2D eigenvalue weighted by Gasteiger charge is 2.48. The van der Waals surface area contributed by atoms with Crippen LogP contribution in [0.2, 0.25) is 5.02 Å². The Morgan fingerprint density at radius 1 is 1.03 bits per heavy atom. The van der Waals surface area contributed by atoms with Crippen molar-refractivity contribution in [2.45, 2.75) is 19.4 Å². The number of nitrogens with one attached hydrogen (secondary N) is 1. The largest absolute Gasteiger partial charge is 0.534 e. The minimum atomic E-state index is -5.77. The molecule has 160 valence electrons. The molecule has 0 aliphatic rings. The number of carbonyl (C=O) groups is 1. The summed E-state index contributed by atoms with van der Waals surface area (Å²) in [6.07, 6.45) is 1.34. The van der Waals surface area contributed by atoms with Crippen LogP contribution in [0.15, 0.2) is 65.4 Å². The SMILES string of the molecule is CC(=O)C=C(C)NN=C(c1ccc(Cl)cc1)c1ccc(OS(=O)(=O)C(F)(F)F)cc1. The van der Waals surface area contributed by atoms with Crippen LogP contribution in [0.25, 0.3) is 0 Å². The number of rotatable bonds is 7. The van der Waals surface area contributed by atoms with Gasteiger partial charge in [-0.15, -0.1) is 0 Å². The van der Waals surface area contributed by atoms with Gasteiger partial charge in [0.15, 0.2) is 5.78 Å². The molecule has 0 fully saturated rings. The van der Waals surface area contributed by atoms with Gasteiger partial charge in [-0.3, -0.25) is 10.2 Å². The van der Waals surface area contributed by atoms with E-state index in [2.05, 4.69) is 14.7 Å². The first-order chi connectivity index (χ1) is 13.9. The first-order valence-electron chi connectivity index (χ1n) is 8.29. The molecular weight excluding hydrogens is 445 g/mol. The highest BCUT2D eigenvalue weighted by atomic mass is 35.5. The van der Waals surface area contributed by atoms with Gasteiger partial charge in [0.1, 0.15) is 5.75 Å². The van der Waals surface area contributed by atoms with Crippen LogP contribution in [0.1, 0.15) is 25.0 Å². The van der Waals surface area contributed by atoms with E-state index in [4.69, 9.17) is 11.6 Å². The Balaban J connectivity index is 2.39. The van der Waals surface area contributed by atoms with Gasteiger partial charge in [-0.2, -0.15) is 26.7 Å². The van der Waals surface area contributed by atoms with Gasteiger partial charge in [0, 0.05) is 27.9 Å². The standard InChI is InChI=1S/C19H16ClF3N2O4S/c1-12(11-13(2)26)24-25-18(14-3-7-16(20)8-4-14)15-5-9-17(10-6-15)29-30(27,28)19(21,22)23/h3-11,24H,1-2H3. The Morgan fingerprint density at radius 2 is 1.53 bits per heavy atom. The zero-order valence-electron chi connectivity index (χ0n) is 15.7. The summed E-state index contributed by atoms with van der Waals surface area (Å²) in [7, 11) is -5.77. The number of alkyl halides is 3. The normalized spacial score (nSPS) is 13.1. The minimum Gasteiger partial charge on any atom is -0.376 e. The van der Waals surface area contributed by atoms with Gasteiger partial charge in [-0.05, 0) is 50.2 Å². The molecule has 0 aliphatic carbocycles. The zero-order valence-corrected chi connectivity index (χ0v) is 17.3. The van der Waals surface area contributed by atoms with Crippen molar-refractivity contribution in [1.82, 2.24) is 5.43 Å². The second-order valence-electron chi connectivity index (χ2n) is 6.02. The molecule has 2 rings (SSSR count). The smallest absolute Gasteiger partial charge is 0.376 e. The lowest BCUT2D eigenvalue weighted by molar-refractivity contribution is -0.112. The van der Waals surface area contributed by atoms with E-state index in [-0.39, 0.29) is 5.78 Å². The van der Waals surface area contributed by atoms with Crippen LogP contribution in [-0.2, 0) is 14.9 Å². The summed E-state index contributed by atoms with van der Waals surface area (Å²) >= 11 is 5.90. The Kier molecular flexibility index (Phi) is 7.27. The van der Waals surface area contributed by atoms with Crippen LogP contribution in [0.4, 0.5) is 13.2 Å². The molecule has 0 aromatic heterocycles. The molecule has 0 atom stereocenters. The zero-order chi connectivity index (χ0) is 22.5. The molecule has 6 nitrogen and oxygen atoms in total. The van der Waals surface area contributed by atoms with E-state index < -0.39 is 21.4 Å². The highest BCUT2D eigenvalue weighted by Crippen LogP contribution is 2.27. The molecular formula is C19H16ClF3N2O4S. The van der Waals surface area contributed by atoms with E-state index in [1.807, 2.05) is 0 Å². The maximum atomic E-state index is 12.5. The summed E-state index contributed by atoms with van der Waals surface area (Å²) in [5.74, 6) is -0.692. The van der Waals surface area contributed by atoms with Crippen LogP contribution >= 0.6 is 11.6 Å². The van der Waals surface area contributed by atoms with Crippen molar-refractivity contribution in [1.29, 1.82) is 0 Å². The second-order valence-corrected chi connectivity index (χ2v) is 8.00. The van der Waals surface area contributed by atoms with Gasteiger partial charge in [0.2, 0.25) is 0 Å². The second kappa shape index (κ2) is 9.31. The quantitative estimate of drug-likeness (QED) is 0.217. The van der Waals surface area contributed by atoms with Crippen LogP contribution in [0.5, 0.6) is 5.75 Å². The van der Waals surface area contributed by atoms with E-state index >= 15 is 0 Å². The number of ketones is 1. The molecule has 0 saturated carbocycles. The van der Waals surface area contributed by atoms with Crippen LogP contribution in [0, 0.1) is 0 Å². The fourth-order valence-corrected chi connectivity index (χ4v) is 2.81. The number of hydrogen-bond acceptors (Lipinski definition) is 6. The lowest BCUT2D eigenvalue weighted by Gasteiger charge is -2.11. The number of carbonyl (C=O) groups excluding carboxylic acids is 1. The Morgan fingerprint density at radius 3 is 2.00 bits per heavy atom. The van der Waals surface area contributed by atoms with Crippen LogP contribution in [-0.4, -0.2) is 25.4 Å². The molecule has 0 aliphatic heterocycles. The molecule has 0 radical (unpaired) electrons. The number of hydrogen-bond donors (Lipinski definition) is 1. The first kappa shape index (κ1) is 23.4. The highest BCUT2D eigenvalue weighted by molar-refractivity contribution is 7.88. The van der Waals surface area contributed by atoms with E-state index in [0.717, 1.165) is 12.1 Å². The van der Waals surface area contributed by atoms with Gasteiger partial charge >= 0.3 is 15.6 Å². The molecule has 11 heteroatoms. The maximum Gasteiger partial charge on any atom is 0.534 e.